The van der Waals surface area contributed by atoms with Gasteiger partial charge in [0.2, 0.25) is 11.8 Å². The summed E-state index contributed by atoms with van der Waals surface area (Å²) in [6.07, 6.45) is 3.20. The quantitative estimate of drug-likeness (QED) is 0.474. The first-order valence-corrected chi connectivity index (χ1v) is 12.3. The van der Waals surface area contributed by atoms with Gasteiger partial charge in [-0.25, -0.2) is 24.1 Å². The van der Waals surface area contributed by atoms with E-state index in [1.165, 1.54) is 19.4 Å². The molecule has 4 heterocycles. The number of ether oxygens (including phenoxy) is 1. The van der Waals surface area contributed by atoms with Crippen molar-refractivity contribution < 1.29 is 13.9 Å². The van der Waals surface area contributed by atoms with Crippen molar-refractivity contribution in [1.29, 1.82) is 0 Å². The molecule has 0 atom stereocenters. The number of aromatic nitrogens is 5. The molecule has 3 aromatic heterocycles. The number of hydrogen-bond donors (Lipinski definition) is 2. The number of nitrogens with two attached hydrogens (primary N) is 1. The standard InChI is InChI=1S/C25H33FN10O2/c1-15(2)34(4)25(37)36-8-6-35(7-9-36)14-17-10-19(22-30-16(3)31-24(27)33-22)21(28-12-17)32-18-11-20(26)23(38-5)29-13-18/h10-13,15H,6-9,14H2,1-5H3,(H,28,32)(H2,27,30,31,33). The number of hydrogen-bond acceptors (Lipinski definition) is 10. The van der Waals surface area contributed by atoms with Crippen LogP contribution in [-0.2, 0) is 6.54 Å². The second-order valence-corrected chi connectivity index (χ2v) is 9.39. The molecule has 3 N–H and O–H groups in total. The summed E-state index contributed by atoms with van der Waals surface area (Å²) in [6.45, 7) is 9.13. The zero-order valence-corrected chi connectivity index (χ0v) is 22.3. The molecule has 0 bridgehead atoms. The first kappa shape index (κ1) is 26.9. The summed E-state index contributed by atoms with van der Waals surface area (Å²) < 4.78 is 19.1. The molecule has 12 nitrogen and oxygen atoms in total. The molecule has 13 heteroatoms. The van der Waals surface area contributed by atoms with E-state index < -0.39 is 5.82 Å². The number of pyridine rings is 2. The number of anilines is 3. The van der Waals surface area contributed by atoms with E-state index in [4.69, 9.17) is 10.5 Å². The monoisotopic (exact) mass is 524 g/mol. The first-order chi connectivity index (χ1) is 18.1. The van der Waals surface area contributed by atoms with Gasteiger partial charge in [-0.3, -0.25) is 4.90 Å². The number of carbonyl (C=O) groups excluding carboxylic acids is 1. The number of methoxy groups -OCH3 is 1. The van der Waals surface area contributed by atoms with E-state index in [1.807, 2.05) is 31.9 Å². The fourth-order valence-corrected chi connectivity index (χ4v) is 4.07. The average molecular weight is 525 g/mol. The lowest BCUT2D eigenvalue weighted by molar-refractivity contribution is 0.109. The average Bonchev–Trinajstić information content (AvgIpc) is 2.88. The molecule has 0 unspecified atom stereocenters. The highest BCUT2D eigenvalue weighted by atomic mass is 19.1. The molecule has 1 saturated heterocycles. The Balaban J connectivity index is 1.55. The van der Waals surface area contributed by atoms with Gasteiger partial charge < -0.3 is 25.6 Å². The summed E-state index contributed by atoms with van der Waals surface area (Å²) in [7, 11) is 3.18. The van der Waals surface area contributed by atoms with Crippen molar-refractivity contribution >= 4 is 23.5 Å². The van der Waals surface area contributed by atoms with E-state index in [0.717, 1.165) is 18.7 Å². The number of rotatable bonds is 7. The molecular formula is C25H33FN10O2. The number of amides is 2. The molecule has 202 valence electrons. The highest BCUT2D eigenvalue weighted by molar-refractivity contribution is 5.75. The SMILES string of the molecule is COc1ncc(Nc2ncc(CN3CCN(C(=O)N(C)C(C)C)CC3)cc2-c2nc(C)nc(N)n2)cc1F. The summed E-state index contributed by atoms with van der Waals surface area (Å²) in [5, 5.41) is 3.10. The number of carbonyl (C=O) groups is 1. The van der Waals surface area contributed by atoms with E-state index in [0.29, 0.717) is 48.4 Å². The Morgan fingerprint density at radius 1 is 1.16 bits per heavy atom. The second kappa shape index (κ2) is 11.5. The smallest absolute Gasteiger partial charge is 0.320 e. The third kappa shape index (κ3) is 6.22. The summed E-state index contributed by atoms with van der Waals surface area (Å²) >= 11 is 0. The van der Waals surface area contributed by atoms with Gasteiger partial charge in [0.05, 0.1) is 24.6 Å². The van der Waals surface area contributed by atoms with Crippen LogP contribution in [0.15, 0.2) is 24.5 Å². The van der Waals surface area contributed by atoms with Crippen molar-refractivity contribution in [2.45, 2.75) is 33.4 Å². The largest absolute Gasteiger partial charge is 0.479 e. The minimum absolute atomic E-state index is 0.0475. The first-order valence-electron chi connectivity index (χ1n) is 12.3. The van der Waals surface area contributed by atoms with Crippen molar-refractivity contribution in [3.8, 4) is 17.3 Å². The van der Waals surface area contributed by atoms with Crippen molar-refractivity contribution in [3.05, 3.63) is 41.7 Å². The highest BCUT2D eigenvalue weighted by Gasteiger charge is 2.25. The number of nitrogens with one attached hydrogen (secondary N) is 1. The lowest BCUT2D eigenvalue weighted by atomic mass is 10.1. The number of halogens is 1. The highest BCUT2D eigenvalue weighted by Crippen LogP contribution is 2.29. The molecule has 1 aliphatic rings. The predicted octanol–water partition coefficient (Wildman–Crippen LogP) is 2.69. The Bertz CT molecular complexity index is 1280. The van der Waals surface area contributed by atoms with Crippen molar-refractivity contribution in [1.82, 2.24) is 39.6 Å². The molecule has 38 heavy (non-hydrogen) atoms. The maximum atomic E-state index is 14.2. The zero-order chi connectivity index (χ0) is 27.4. The van der Waals surface area contributed by atoms with Crippen LogP contribution in [0.4, 0.5) is 26.6 Å². The second-order valence-electron chi connectivity index (χ2n) is 9.39. The third-order valence-corrected chi connectivity index (χ3v) is 6.34. The molecule has 0 spiro atoms. The summed E-state index contributed by atoms with van der Waals surface area (Å²) in [6, 6.07) is 3.40. The van der Waals surface area contributed by atoms with Crippen LogP contribution in [0.3, 0.4) is 0 Å². The molecule has 0 saturated carbocycles. The van der Waals surface area contributed by atoms with Gasteiger partial charge in [-0.05, 0) is 32.4 Å². The molecule has 1 aliphatic heterocycles. The Labute approximate surface area is 221 Å². The number of piperazine rings is 1. The van der Waals surface area contributed by atoms with Crippen LogP contribution in [0.1, 0.15) is 25.2 Å². The summed E-state index contributed by atoms with van der Waals surface area (Å²) in [4.78, 5) is 39.9. The Kier molecular flexibility index (Phi) is 8.15. The van der Waals surface area contributed by atoms with E-state index in [1.54, 1.807) is 18.0 Å². The third-order valence-electron chi connectivity index (χ3n) is 6.34. The van der Waals surface area contributed by atoms with Crippen LogP contribution >= 0.6 is 0 Å². The van der Waals surface area contributed by atoms with Gasteiger partial charge >= 0.3 is 6.03 Å². The van der Waals surface area contributed by atoms with Gasteiger partial charge in [-0.15, -0.1) is 0 Å². The number of urea groups is 1. The summed E-state index contributed by atoms with van der Waals surface area (Å²) in [5.74, 6) is 0.616. The van der Waals surface area contributed by atoms with Crippen LogP contribution in [0.2, 0.25) is 0 Å². The number of aryl methyl sites for hydroxylation is 1. The fourth-order valence-electron chi connectivity index (χ4n) is 4.07. The zero-order valence-electron chi connectivity index (χ0n) is 22.3. The van der Waals surface area contributed by atoms with Crippen LogP contribution in [0.5, 0.6) is 5.88 Å². The minimum atomic E-state index is -0.604. The van der Waals surface area contributed by atoms with Gasteiger partial charge in [0.15, 0.2) is 11.6 Å². The van der Waals surface area contributed by atoms with Crippen molar-refractivity contribution in [2.75, 3.05) is 51.4 Å². The molecule has 4 rings (SSSR count). The number of nitrogen functional groups attached to an aromatic ring is 1. The lowest BCUT2D eigenvalue weighted by Gasteiger charge is -2.37. The molecule has 3 aromatic rings. The topological polar surface area (TPSA) is 139 Å². The maximum Gasteiger partial charge on any atom is 0.320 e. The van der Waals surface area contributed by atoms with Gasteiger partial charge in [-0.2, -0.15) is 9.97 Å². The maximum absolute atomic E-state index is 14.2. The molecule has 1 fully saturated rings. The van der Waals surface area contributed by atoms with E-state index in [-0.39, 0.29) is 23.9 Å². The normalized spacial score (nSPS) is 14.0. The van der Waals surface area contributed by atoms with E-state index in [2.05, 4.69) is 35.1 Å². The Morgan fingerprint density at radius 3 is 2.53 bits per heavy atom. The van der Waals surface area contributed by atoms with Crippen LogP contribution in [0.25, 0.3) is 11.4 Å². The van der Waals surface area contributed by atoms with Crippen LogP contribution in [0, 0.1) is 12.7 Å². The molecule has 0 aliphatic carbocycles. The molecule has 0 aromatic carbocycles. The van der Waals surface area contributed by atoms with Gasteiger partial charge in [0.1, 0.15) is 11.6 Å². The minimum Gasteiger partial charge on any atom is -0.479 e. The predicted molar refractivity (Wildman–Crippen MR) is 141 cm³/mol. The van der Waals surface area contributed by atoms with Gasteiger partial charge in [-0.1, -0.05) is 0 Å². The lowest BCUT2D eigenvalue weighted by Crippen LogP contribution is -2.52. The summed E-state index contributed by atoms with van der Waals surface area (Å²) in [5.41, 5.74) is 7.80. The Hall–Kier alpha value is -4.13. The van der Waals surface area contributed by atoms with Crippen molar-refractivity contribution in [3.63, 3.8) is 0 Å². The Morgan fingerprint density at radius 2 is 1.89 bits per heavy atom. The van der Waals surface area contributed by atoms with E-state index in [9.17, 15) is 9.18 Å². The fraction of sp³-hybridized carbons (Fsp3) is 0.440. The van der Waals surface area contributed by atoms with Crippen LogP contribution in [-0.4, -0.2) is 92.0 Å². The van der Waals surface area contributed by atoms with E-state index >= 15 is 0 Å². The molecule has 2 amide bonds. The molecular weight excluding hydrogens is 491 g/mol. The number of nitrogens with zero attached hydrogens (tertiary/aromatic N) is 8. The van der Waals surface area contributed by atoms with Crippen LogP contribution < -0.4 is 15.8 Å². The molecule has 0 radical (unpaired) electrons. The van der Waals surface area contributed by atoms with Gasteiger partial charge in [0.25, 0.3) is 0 Å². The van der Waals surface area contributed by atoms with Crippen molar-refractivity contribution in [2.24, 2.45) is 0 Å². The van der Waals surface area contributed by atoms with Gasteiger partial charge in [0, 0.05) is 58.1 Å².